The van der Waals surface area contributed by atoms with Crippen molar-refractivity contribution >= 4 is 21.7 Å². The number of sulfone groups is 1. The molecule has 7 heteroatoms. The summed E-state index contributed by atoms with van der Waals surface area (Å²) in [6, 6.07) is -0.681. The lowest BCUT2D eigenvalue weighted by atomic mass is 10.2. The van der Waals surface area contributed by atoms with Crippen LogP contribution in [0.25, 0.3) is 0 Å². The fraction of sp³-hybridized carbons (Fsp3) is 0.818. The number of hydrogen-bond donors (Lipinski definition) is 1. The summed E-state index contributed by atoms with van der Waals surface area (Å²) >= 11 is 0. The first-order chi connectivity index (χ1) is 8.26. The quantitative estimate of drug-likeness (QED) is 0.664. The first-order valence-corrected chi connectivity index (χ1v) is 8.09. The standard InChI is InChI=1S/C11H20N2O4S/c1-4-8(2)13-10(14)7-9(11(13)15)12-5-6-18(3,16)17/h8-9,12H,4-7H2,1-3H3. The molecule has 2 amide bonds. The molecule has 1 aliphatic rings. The highest BCUT2D eigenvalue weighted by molar-refractivity contribution is 7.90. The maximum atomic E-state index is 12.0. The van der Waals surface area contributed by atoms with Gasteiger partial charge in [0.2, 0.25) is 11.8 Å². The lowest BCUT2D eigenvalue weighted by Crippen LogP contribution is -2.43. The van der Waals surface area contributed by atoms with E-state index in [1.165, 1.54) is 4.90 Å². The molecule has 0 radical (unpaired) electrons. The lowest BCUT2D eigenvalue weighted by molar-refractivity contribution is -0.141. The highest BCUT2D eigenvalue weighted by atomic mass is 32.2. The van der Waals surface area contributed by atoms with Gasteiger partial charge in [0.15, 0.2) is 0 Å². The molecule has 2 atom stereocenters. The molecule has 18 heavy (non-hydrogen) atoms. The van der Waals surface area contributed by atoms with E-state index >= 15 is 0 Å². The number of likely N-dealkylation sites (tertiary alicyclic amines) is 1. The Labute approximate surface area is 108 Å². The molecule has 0 aromatic heterocycles. The van der Waals surface area contributed by atoms with Crippen molar-refractivity contribution in [2.75, 3.05) is 18.6 Å². The van der Waals surface area contributed by atoms with Crippen LogP contribution in [0.2, 0.25) is 0 Å². The molecule has 1 heterocycles. The maximum absolute atomic E-state index is 12.0. The van der Waals surface area contributed by atoms with Gasteiger partial charge in [-0.2, -0.15) is 0 Å². The summed E-state index contributed by atoms with van der Waals surface area (Å²) in [5.41, 5.74) is 0. The Morgan fingerprint density at radius 2 is 2.06 bits per heavy atom. The Morgan fingerprint density at radius 3 is 2.56 bits per heavy atom. The third-order valence-corrected chi connectivity index (χ3v) is 4.02. The summed E-state index contributed by atoms with van der Waals surface area (Å²) in [6.45, 7) is 3.93. The van der Waals surface area contributed by atoms with Crippen molar-refractivity contribution in [3.05, 3.63) is 0 Å². The van der Waals surface area contributed by atoms with E-state index in [1.54, 1.807) is 0 Å². The van der Waals surface area contributed by atoms with Crippen LogP contribution in [0.3, 0.4) is 0 Å². The Bertz CT molecular complexity index is 432. The number of carbonyl (C=O) groups is 2. The van der Waals surface area contributed by atoms with E-state index in [0.717, 1.165) is 6.26 Å². The number of nitrogens with one attached hydrogen (secondary N) is 1. The van der Waals surface area contributed by atoms with Crippen molar-refractivity contribution in [2.45, 2.75) is 38.8 Å². The minimum atomic E-state index is -3.05. The topological polar surface area (TPSA) is 83.6 Å². The van der Waals surface area contributed by atoms with Gasteiger partial charge in [-0.1, -0.05) is 6.92 Å². The van der Waals surface area contributed by atoms with Crippen LogP contribution < -0.4 is 5.32 Å². The van der Waals surface area contributed by atoms with Crippen LogP contribution in [0, 0.1) is 0 Å². The van der Waals surface area contributed by atoms with Crippen molar-refractivity contribution in [2.24, 2.45) is 0 Å². The third kappa shape index (κ3) is 3.78. The van der Waals surface area contributed by atoms with Crippen molar-refractivity contribution in [1.82, 2.24) is 10.2 Å². The molecule has 1 saturated heterocycles. The molecule has 1 fully saturated rings. The zero-order valence-electron chi connectivity index (χ0n) is 11.0. The number of hydrogen-bond acceptors (Lipinski definition) is 5. The summed E-state index contributed by atoms with van der Waals surface area (Å²) in [5.74, 6) is -0.469. The van der Waals surface area contributed by atoms with Gasteiger partial charge in [-0.05, 0) is 13.3 Å². The second kappa shape index (κ2) is 5.79. The largest absolute Gasteiger partial charge is 0.304 e. The summed E-state index contributed by atoms with van der Waals surface area (Å²) < 4.78 is 21.9. The smallest absolute Gasteiger partial charge is 0.247 e. The molecule has 1 aliphatic heterocycles. The highest BCUT2D eigenvalue weighted by Crippen LogP contribution is 2.17. The van der Waals surface area contributed by atoms with Gasteiger partial charge >= 0.3 is 0 Å². The van der Waals surface area contributed by atoms with Gasteiger partial charge in [-0.25, -0.2) is 8.42 Å². The van der Waals surface area contributed by atoms with Gasteiger partial charge in [0, 0.05) is 18.8 Å². The van der Waals surface area contributed by atoms with E-state index < -0.39 is 15.9 Å². The predicted octanol–water partition coefficient (Wildman–Crippen LogP) is -0.453. The Hall–Kier alpha value is -0.950. The minimum Gasteiger partial charge on any atom is -0.304 e. The van der Waals surface area contributed by atoms with E-state index in [2.05, 4.69) is 5.32 Å². The average Bonchev–Trinajstić information content (AvgIpc) is 2.52. The zero-order chi connectivity index (χ0) is 13.9. The molecule has 2 unspecified atom stereocenters. The first kappa shape index (κ1) is 15.1. The van der Waals surface area contributed by atoms with Crippen molar-refractivity contribution in [3.63, 3.8) is 0 Å². The van der Waals surface area contributed by atoms with Crippen LogP contribution in [0.1, 0.15) is 26.7 Å². The average molecular weight is 276 g/mol. The van der Waals surface area contributed by atoms with Gasteiger partial charge in [-0.3, -0.25) is 14.5 Å². The Kier molecular flexibility index (Phi) is 4.86. The molecule has 0 aromatic carbocycles. The fourth-order valence-electron chi connectivity index (χ4n) is 1.87. The molecular formula is C11H20N2O4S. The van der Waals surface area contributed by atoms with E-state index in [-0.39, 0.29) is 36.6 Å². The predicted molar refractivity (Wildman–Crippen MR) is 67.7 cm³/mol. The normalized spacial score (nSPS) is 22.6. The van der Waals surface area contributed by atoms with Gasteiger partial charge in [0.25, 0.3) is 0 Å². The lowest BCUT2D eigenvalue weighted by Gasteiger charge is -2.21. The third-order valence-electron chi connectivity index (χ3n) is 3.08. The Balaban J connectivity index is 2.56. The number of amides is 2. The molecular weight excluding hydrogens is 256 g/mol. The second-order valence-corrected chi connectivity index (χ2v) is 6.96. The van der Waals surface area contributed by atoms with E-state index in [1.807, 2.05) is 13.8 Å². The Morgan fingerprint density at radius 1 is 1.44 bits per heavy atom. The van der Waals surface area contributed by atoms with E-state index in [4.69, 9.17) is 0 Å². The van der Waals surface area contributed by atoms with Crippen LogP contribution in [0.5, 0.6) is 0 Å². The number of imide groups is 1. The molecule has 0 bridgehead atoms. The van der Waals surface area contributed by atoms with Crippen LogP contribution in [0.4, 0.5) is 0 Å². The SMILES string of the molecule is CCC(C)N1C(=O)CC(NCCS(C)(=O)=O)C1=O. The maximum Gasteiger partial charge on any atom is 0.247 e. The van der Waals surface area contributed by atoms with Crippen molar-refractivity contribution in [3.8, 4) is 0 Å². The molecule has 0 aromatic rings. The van der Waals surface area contributed by atoms with E-state index in [0.29, 0.717) is 6.42 Å². The first-order valence-electron chi connectivity index (χ1n) is 6.03. The van der Waals surface area contributed by atoms with Crippen LogP contribution >= 0.6 is 0 Å². The van der Waals surface area contributed by atoms with Crippen LogP contribution in [0.15, 0.2) is 0 Å². The van der Waals surface area contributed by atoms with Gasteiger partial charge in [0.1, 0.15) is 9.84 Å². The number of rotatable bonds is 6. The van der Waals surface area contributed by atoms with Gasteiger partial charge in [0.05, 0.1) is 18.2 Å². The zero-order valence-corrected chi connectivity index (χ0v) is 11.8. The highest BCUT2D eigenvalue weighted by Gasteiger charge is 2.40. The van der Waals surface area contributed by atoms with Crippen LogP contribution in [-0.2, 0) is 19.4 Å². The molecule has 0 aliphatic carbocycles. The number of nitrogens with zero attached hydrogens (tertiary/aromatic N) is 1. The summed E-state index contributed by atoms with van der Waals surface area (Å²) in [7, 11) is -3.05. The molecule has 0 spiro atoms. The van der Waals surface area contributed by atoms with Gasteiger partial charge < -0.3 is 5.32 Å². The molecule has 1 rings (SSSR count). The van der Waals surface area contributed by atoms with Crippen molar-refractivity contribution in [1.29, 1.82) is 0 Å². The second-order valence-electron chi connectivity index (χ2n) is 4.70. The monoisotopic (exact) mass is 276 g/mol. The molecule has 104 valence electrons. The minimum absolute atomic E-state index is 0.0334. The summed E-state index contributed by atoms with van der Waals surface area (Å²) in [4.78, 5) is 24.9. The molecule has 6 nitrogen and oxygen atoms in total. The fourth-order valence-corrected chi connectivity index (χ4v) is 2.36. The van der Waals surface area contributed by atoms with Gasteiger partial charge in [-0.15, -0.1) is 0 Å². The summed E-state index contributed by atoms with van der Waals surface area (Å²) in [5, 5.41) is 2.84. The summed E-state index contributed by atoms with van der Waals surface area (Å²) in [6.07, 6.45) is 1.97. The molecule has 0 saturated carbocycles. The number of carbonyl (C=O) groups excluding carboxylic acids is 2. The van der Waals surface area contributed by atoms with Crippen LogP contribution in [-0.4, -0.2) is 55.8 Å². The van der Waals surface area contributed by atoms with Crippen molar-refractivity contribution < 1.29 is 18.0 Å². The molecule has 1 N–H and O–H groups in total. The van der Waals surface area contributed by atoms with E-state index in [9.17, 15) is 18.0 Å².